The summed E-state index contributed by atoms with van der Waals surface area (Å²) in [5.41, 5.74) is 1.90. The van der Waals surface area contributed by atoms with Crippen molar-refractivity contribution >= 4 is 0 Å². The predicted octanol–water partition coefficient (Wildman–Crippen LogP) is 3.61. The van der Waals surface area contributed by atoms with Gasteiger partial charge in [-0.1, -0.05) is 19.9 Å². The van der Waals surface area contributed by atoms with Gasteiger partial charge < -0.3 is 0 Å². The average Bonchev–Trinajstić information content (AvgIpc) is 2.18. The molecule has 1 aromatic heterocycles. The smallest absolute Gasteiger partial charge is 0.239 e. The van der Waals surface area contributed by atoms with Gasteiger partial charge in [-0.3, -0.25) is 4.98 Å². The summed E-state index contributed by atoms with van der Waals surface area (Å²) in [6.07, 6.45) is 1.46. The molecule has 0 radical (unpaired) electrons. The molecule has 3 heteroatoms. The molecule has 1 rings (SSSR count). The van der Waals surface area contributed by atoms with E-state index in [0.29, 0.717) is 6.42 Å². The molecule has 0 fully saturated rings. The first kappa shape index (κ1) is 13.0. The molecule has 0 aliphatic heterocycles. The van der Waals surface area contributed by atoms with Crippen LogP contribution in [0.1, 0.15) is 31.4 Å². The molecule has 0 aliphatic carbocycles. The average molecular weight is 201 g/mol. The summed E-state index contributed by atoms with van der Waals surface area (Å²) in [5, 5.41) is 0. The molecule has 1 nitrogen and oxygen atoms in total. The van der Waals surface area contributed by atoms with Crippen molar-refractivity contribution in [2.24, 2.45) is 0 Å². The lowest BCUT2D eigenvalue weighted by Gasteiger charge is -2.00. The molecule has 0 aliphatic rings. The Bertz CT molecular complexity index is 249. The second-order valence-electron chi connectivity index (χ2n) is 2.80. The van der Waals surface area contributed by atoms with Crippen LogP contribution in [0.15, 0.2) is 18.5 Å². The monoisotopic (exact) mass is 201 g/mol. The van der Waals surface area contributed by atoms with Gasteiger partial charge in [0.2, 0.25) is 6.43 Å². The minimum absolute atomic E-state index is 0.0782. The SMILES string of the molecule is CC.Cc1cncc(CCC(F)F)c1. The lowest BCUT2D eigenvalue weighted by molar-refractivity contribution is 0.138. The maximum atomic E-state index is 11.8. The number of aryl methyl sites for hydroxylation is 2. The van der Waals surface area contributed by atoms with Gasteiger partial charge in [-0.2, -0.15) is 0 Å². The number of nitrogens with zero attached hydrogens (tertiary/aromatic N) is 1. The topological polar surface area (TPSA) is 12.9 Å². The zero-order valence-electron chi connectivity index (χ0n) is 8.93. The zero-order valence-corrected chi connectivity index (χ0v) is 8.93. The van der Waals surface area contributed by atoms with Crippen LogP contribution in [0, 0.1) is 6.92 Å². The van der Waals surface area contributed by atoms with Crippen molar-refractivity contribution in [3.05, 3.63) is 29.6 Å². The van der Waals surface area contributed by atoms with Crippen molar-refractivity contribution in [1.29, 1.82) is 0 Å². The van der Waals surface area contributed by atoms with E-state index in [-0.39, 0.29) is 6.42 Å². The van der Waals surface area contributed by atoms with E-state index in [1.54, 1.807) is 12.4 Å². The summed E-state index contributed by atoms with van der Waals surface area (Å²) in [5.74, 6) is 0. The fourth-order valence-electron chi connectivity index (χ4n) is 1.03. The molecule has 0 unspecified atom stereocenters. The van der Waals surface area contributed by atoms with Gasteiger partial charge in [0.25, 0.3) is 0 Å². The second kappa shape index (κ2) is 7.42. The zero-order chi connectivity index (χ0) is 11.0. The molecular formula is C11H17F2N. The maximum Gasteiger partial charge on any atom is 0.239 e. The Labute approximate surface area is 84.2 Å². The van der Waals surface area contributed by atoms with E-state index in [9.17, 15) is 8.78 Å². The van der Waals surface area contributed by atoms with Crippen LogP contribution in [-0.2, 0) is 6.42 Å². The van der Waals surface area contributed by atoms with Crippen LogP contribution in [0.4, 0.5) is 8.78 Å². The van der Waals surface area contributed by atoms with Crippen LogP contribution in [0.5, 0.6) is 0 Å². The molecule has 0 atom stereocenters. The van der Waals surface area contributed by atoms with Gasteiger partial charge >= 0.3 is 0 Å². The van der Waals surface area contributed by atoms with E-state index >= 15 is 0 Å². The van der Waals surface area contributed by atoms with E-state index in [0.717, 1.165) is 11.1 Å². The molecule has 0 aromatic carbocycles. The van der Waals surface area contributed by atoms with Gasteiger partial charge in [-0.15, -0.1) is 0 Å². The summed E-state index contributed by atoms with van der Waals surface area (Å²) in [7, 11) is 0. The Kier molecular flexibility index (Phi) is 6.89. The van der Waals surface area contributed by atoms with Crippen molar-refractivity contribution < 1.29 is 8.78 Å². The molecule has 0 amide bonds. The minimum atomic E-state index is -2.22. The third kappa shape index (κ3) is 5.62. The number of alkyl halides is 2. The van der Waals surface area contributed by atoms with E-state index in [2.05, 4.69) is 4.98 Å². The third-order valence-electron chi connectivity index (χ3n) is 1.58. The van der Waals surface area contributed by atoms with Gasteiger partial charge in [0.05, 0.1) is 0 Å². The number of halogens is 2. The van der Waals surface area contributed by atoms with Crippen LogP contribution >= 0.6 is 0 Å². The van der Waals surface area contributed by atoms with Crippen LogP contribution < -0.4 is 0 Å². The van der Waals surface area contributed by atoms with Crippen molar-refractivity contribution in [2.75, 3.05) is 0 Å². The van der Waals surface area contributed by atoms with Crippen LogP contribution in [0.25, 0.3) is 0 Å². The fraction of sp³-hybridized carbons (Fsp3) is 0.545. The standard InChI is InChI=1S/C9H11F2N.C2H6/c1-7-4-8(6-12-5-7)2-3-9(10)11;1-2/h4-6,9H,2-3H2,1H3;1-2H3. The van der Waals surface area contributed by atoms with E-state index in [4.69, 9.17) is 0 Å². The molecule has 0 N–H and O–H groups in total. The Hall–Kier alpha value is -0.990. The Morgan fingerprint density at radius 3 is 2.43 bits per heavy atom. The van der Waals surface area contributed by atoms with Gasteiger partial charge in [0.1, 0.15) is 0 Å². The lowest BCUT2D eigenvalue weighted by atomic mass is 10.1. The van der Waals surface area contributed by atoms with Crippen molar-refractivity contribution in [3.8, 4) is 0 Å². The highest BCUT2D eigenvalue weighted by Gasteiger charge is 2.02. The first-order valence-corrected chi connectivity index (χ1v) is 4.87. The predicted molar refractivity (Wildman–Crippen MR) is 54.6 cm³/mol. The summed E-state index contributed by atoms with van der Waals surface area (Å²) in [6.45, 7) is 5.90. The van der Waals surface area contributed by atoms with Crippen molar-refractivity contribution in [2.45, 2.75) is 40.0 Å². The molecular weight excluding hydrogens is 184 g/mol. The van der Waals surface area contributed by atoms with Gasteiger partial charge in [0.15, 0.2) is 0 Å². The summed E-state index contributed by atoms with van der Waals surface area (Å²) in [6, 6.07) is 1.88. The first-order chi connectivity index (χ1) is 6.68. The highest BCUT2D eigenvalue weighted by Crippen LogP contribution is 2.08. The maximum absolute atomic E-state index is 11.8. The lowest BCUT2D eigenvalue weighted by Crippen LogP contribution is -1.95. The molecule has 1 heterocycles. The molecule has 0 saturated carbocycles. The third-order valence-corrected chi connectivity index (χ3v) is 1.58. The van der Waals surface area contributed by atoms with Crippen LogP contribution in [0.2, 0.25) is 0 Å². The van der Waals surface area contributed by atoms with Gasteiger partial charge in [0, 0.05) is 18.8 Å². The Balaban J connectivity index is 0.000000791. The van der Waals surface area contributed by atoms with Gasteiger partial charge in [-0.25, -0.2) is 8.78 Å². The summed E-state index contributed by atoms with van der Waals surface area (Å²) < 4.78 is 23.6. The number of hydrogen-bond donors (Lipinski definition) is 0. The Morgan fingerprint density at radius 1 is 1.29 bits per heavy atom. The second-order valence-corrected chi connectivity index (χ2v) is 2.80. The van der Waals surface area contributed by atoms with Crippen LogP contribution in [-0.4, -0.2) is 11.4 Å². The molecule has 14 heavy (non-hydrogen) atoms. The van der Waals surface area contributed by atoms with E-state index in [1.807, 2.05) is 26.8 Å². The van der Waals surface area contributed by atoms with Crippen molar-refractivity contribution in [3.63, 3.8) is 0 Å². The minimum Gasteiger partial charge on any atom is -0.264 e. The van der Waals surface area contributed by atoms with E-state index in [1.165, 1.54) is 0 Å². The number of hydrogen-bond acceptors (Lipinski definition) is 1. The quantitative estimate of drug-likeness (QED) is 0.728. The van der Waals surface area contributed by atoms with E-state index < -0.39 is 6.43 Å². The largest absolute Gasteiger partial charge is 0.264 e. The van der Waals surface area contributed by atoms with Crippen LogP contribution in [0.3, 0.4) is 0 Å². The molecule has 0 saturated heterocycles. The normalized spacial score (nSPS) is 9.57. The fourth-order valence-corrected chi connectivity index (χ4v) is 1.03. The summed E-state index contributed by atoms with van der Waals surface area (Å²) in [4.78, 5) is 3.92. The number of aromatic nitrogens is 1. The molecule has 0 spiro atoms. The Morgan fingerprint density at radius 2 is 1.93 bits per heavy atom. The highest BCUT2D eigenvalue weighted by molar-refractivity contribution is 5.16. The molecule has 80 valence electrons. The molecule has 0 bridgehead atoms. The van der Waals surface area contributed by atoms with Crippen molar-refractivity contribution in [1.82, 2.24) is 4.98 Å². The van der Waals surface area contributed by atoms with Gasteiger partial charge in [-0.05, 0) is 24.5 Å². The summed E-state index contributed by atoms with van der Waals surface area (Å²) >= 11 is 0. The molecule has 1 aromatic rings. The number of rotatable bonds is 3. The highest BCUT2D eigenvalue weighted by atomic mass is 19.3. The number of pyridine rings is 1. The first-order valence-electron chi connectivity index (χ1n) is 4.87.